The van der Waals surface area contributed by atoms with Crippen molar-refractivity contribution >= 4 is 37.0 Å². The number of thiazole rings is 1. The molecule has 1 fully saturated rings. The van der Waals surface area contributed by atoms with Gasteiger partial charge in [-0.1, -0.05) is 45.0 Å². The lowest BCUT2D eigenvalue weighted by atomic mass is 9.88. The normalized spacial score (nSPS) is 19.4. The van der Waals surface area contributed by atoms with E-state index in [1.807, 2.05) is 31.2 Å². The summed E-state index contributed by atoms with van der Waals surface area (Å²) >= 11 is 1.54. The number of carbonyl (C=O) groups excluding carboxylic acids is 3. The minimum absolute atomic E-state index is 0.0617. The molecule has 4 atom stereocenters. The van der Waals surface area contributed by atoms with Crippen LogP contribution in [0, 0.1) is 12.3 Å². The molecule has 15 heteroatoms. The monoisotopic (exact) mass is 604 g/mol. The first-order valence-corrected chi connectivity index (χ1v) is 15.2. The van der Waals surface area contributed by atoms with Crippen LogP contribution in [0.3, 0.4) is 0 Å². The molecule has 4 N–H and O–H groups in total. The topological polar surface area (TPSA) is 179 Å². The molecule has 2 unspecified atom stereocenters. The Balaban J connectivity index is 1.51. The number of carbonyl (C=O) groups is 3. The molecular weight excluding hydrogens is 571 g/mol. The van der Waals surface area contributed by atoms with Crippen molar-refractivity contribution in [1.29, 1.82) is 0 Å². The Morgan fingerprint density at radius 2 is 1.98 bits per heavy atom. The van der Waals surface area contributed by atoms with Crippen molar-refractivity contribution in [1.82, 2.24) is 24.5 Å². The van der Waals surface area contributed by atoms with Crippen molar-refractivity contribution in [3.05, 3.63) is 59.8 Å². The van der Waals surface area contributed by atoms with Gasteiger partial charge in [0.25, 0.3) is 5.91 Å². The van der Waals surface area contributed by atoms with Crippen molar-refractivity contribution < 1.29 is 33.1 Å². The second-order valence-corrected chi connectivity index (χ2v) is 13.3. The Bertz CT molecular complexity index is 1440. The number of amides is 3. The van der Waals surface area contributed by atoms with Crippen molar-refractivity contribution in [2.24, 2.45) is 11.1 Å². The lowest BCUT2D eigenvalue weighted by Crippen LogP contribution is -2.53. The molecule has 0 spiro atoms. The molecule has 3 aromatic rings. The van der Waals surface area contributed by atoms with Crippen LogP contribution in [0.25, 0.3) is 10.4 Å². The van der Waals surface area contributed by atoms with Gasteiger partial charge < -0.3 is 25.6 Å². The predicted octanol–water partition coefficient (Wildman–Crippen LogP) is 3.08. The smallest absolute Gasteiger partial charge is 0.436 e. The van der Waals surface area contributed by atoms with E-state index < -0.39 is 49.3 Å². The highest BCUT2D eigenvalue weighted by Gasteiger charge is 2.47. The van der Waals surface area contributed by atoms with Gasteiger partial charge in [0.2, 0.25) is 5.91 Å². The molecule has 1 aliphatic rings. The molecule has 0 saturated carbocycles. The number of hydrogen-bond acceptors (Lipinski definition) is 9. The number of aryl methyl sites for hydroxylation is 1. The van der Waals surface area contributed by atoms with Crippen LogP contribution in [0.5, 0.6) is 0 Å². The van der Waals surface area contributed by atoms with Crippen LogP contribution in [0.4, 0.5) is 4.79 Å². The van der Waals surface area contributed by atoms with Gasteiger partial charge >= 0.3 is 13.8 Å². The van der Waals surface area contributed by atoms with Crippen molar-refractivity contribution in [2.75, 3.05) is 6.54 Å². The third kappa shape index (κ3) is 7.20. The number of aromatic nitrogens is 3. The van der Waals surface area contributed by atoms with E-state index in [0.29, 0.717) is 0 Å². The Kier molecular flexibility index (Phi) is 8.97. The van der Waals surface area contributed by atoms with E-state index in [1.54, 1.807) is 37.6 Å². The minimum atomic E-state index is -4.36. The van der Waals surface area contributed by atoms with Crippen LogP contribution >= 0.6 is 19.1 Å². The van der Waals surface area contributed by atoms with E-state index >= 15 is 0 Å². The first-order chi connectivity index (χ1) is 19.3. The standard InChI is InChI=1S/C26H33N6O7PS/c1-16-21(41-15-30-16)18-7-5-17(6-8-18)12-29-23(33)20-11-19(39-40(36,37)31-10-9-28-14-31)13-32(20)24(34)22(26(2,3)4)38-25(27)35/h5-10,14-15,19-20,22H,11-13H2,1-4H3,(H2,27,35)(H,29,33)(H,36,37)/t19-,20+,22?/m1/s1. The molecular formula is C26H33N6O7PS. The third-order valence-corrected chi connectivity index (χ3v) is 8.96. The highest BCUT2D eigenvalue weighted by molar-refractivity contribution is 7.51. The number of imidazole rings is 1. The number of nitrogens with one attached hydrogen (secondary N) is 1. The highest BCUT2D eigenvalue weighted by atomic mass is 32.1. The van der Waals surface area contributed by atoms with Gasteiger partial charge in [-0.15, -0.1) is 11.3 Å². The summed E-state index contributed by atoms with van der Waals surface area (Å²) in [7, 11) is -4.36. The van der Waals surface area contributed by atoms with Gasteiger partial charge in [0.1, 0.15) is 12.4 Å². The summed E-state index contributed by atoms with van der Waals surface area (Å²) in [6, 6.07) is 6.61. The van der Waals surface area contributed by atoms with Gasteiger partial charge in [-0.3, -0.25) is 14.1 Å². The van der Waals surface area contributed by atoms with E-state index in [1.165, 1.54) is 17.3 Å². The summed E-state index contributed by atoms with van der Waals surface area (Å²) in [5.41, 5.74) is 8.95. The van der Waals surface area contributed by atoms with Gasteiger partial charge in [-0.05, 0) is 18.1 Å². The maximum Gasteiger partial charge on any atom is 0.437 e. The fourth-order valence-electron chi connectivity index (χ4n) is 4.54. The first kappa shape index (κ1) is 30.4. The number of benzene rings is 1. The number of primary amides is 1. The molecule has 1 aromatic carbocycles. The molecule has 0 aliphatic carbocycles. The average molecular weight is 605 g/mol. The fraction of sp³-hybridized carbons (Fsp3) is 0.423. The first-order valence-electron chi connectivity index (χ1n) is 12.8. The van der Waals surface area contributed by atoms with E-state index in [9.17, 15) is 23.8 Å². The summed E-state index contributed by atoms with van der Waals surface area (Å²) in [4.78, 5) is 59.4. The number of rotatable bonds is 9. The Labute approximate surface area is 241 Å². The molecule has 0 bridgehead atoms. The second-order valence-electron chi connectivity index (χ2n) is 10.8. The largest absolute Gasteiger partial charge is 0.437 e. The quantitative estimate of drug-likeness (QED) is 0.310. The van der Waals surface area contributed by atoms with Crippen LogP contribution < -0.4 is 11.1 Å². The van der Waals surface area contributed by atoms with Crippen molar-refractivity contribution in [3.8, 4) is 10.4 Å². The van der Waals surface area contributed by atoms with E-state index in [4.69, 9.17) is 15.0 Å². The lowest BCUT2D eigenvalue weighted by Gasteiger charge is -2.33. The summed E-state index contributed by atoms with van der Waals surface area (Å²) in [6.07, 6.45) is 0.279. The molecule has 0 radical (unpaired) electrons. The number of hydrogen-bond donors (Lipinski definition) is 3. The second kappa shape index (κ2) is 12.1. The summed E-state index contributed by atoms with van der Waals surface area (Å²) < 4.78 is 24.4. The highest BCUT2D eigenvalue weighted by Crippen LogP contribution is 2.46. The van der Waals surface area contributed by atoms with E-state index in [0.717, 1.165) is 32.4 Å². The minimum Gasteiger partial charge on any atom is -0.436 e. The summed E-state index contributed by atoms with van der Waals surface area (Å²) in [6.45, 7) is 7.00. The van der Waals surface area contributed by atoms with Crippen LogP contribution in [-0.2, 0) is 30.0 Å². The van der Waals surface area contributed by atoms with Crippen LogP contribution in [0.15, 0.2) is 48.5 Å². The molecule has 41 heavy (non-hydrogen) atoms. The zero-order valence-electron chi connectivity index (χ0n) is 23.1. The van der Waals surface area contributed by atoms with E-state index in [-0.39, 0.29) is 19.5 Å². The molecule has 1 saturated heterocycles. The number of nitrogens with two attached hydrogens (primary N) is 1. The SMILES string of the molecule is Cc1ncsc1-c1ccc(CNC(=O)[C@@H]2C[C@@H](OP(=O)(O)n3ccnc3)CN2C(=O)C(OC(N)=O)C(C)(C)C)cc1. The molecule has 4 rings (SSSR count). The Morgan fingerprint density at radius 1 is 1.27 bits per heavy atom. The Morgan fingerprint density at radius 3 is 2.54 bits per heavy atom. The van der Waals surface area contributed by atoms with Gasteiger partial charge in [0.05, 0.1) is 22.2 Å². The van der Waals surface area contributed by atoms with Crippen molar-refractivity contribution in [2.45, 2.75) is 58.9 Å². The number of ether oxygens (including phenoxy) is 1. The number of nitrogens with zero attached hydrogens (tertiary/aromatic N) is 4. The molecule has 2 aromatic heterocycles. The zero-order chi connectivity index (χ0) is 29.9. The fourth-order valence-corrected chi connectivity index (χ4v) is 6.42. The summed E-state index contributed by atoms with van der Waals surface area (Å²) in [5, 5.41) is 2.84. The van der Waals surface area contributed by atoms with Crippen LogP contribution in [0.2, 0.25) is 0 Å². The lowest BCUT2D eigenvalue weighted by molar-refractivity contribution is -0.150. The molecule has 1 aliphatic heterocycles. The maximum absolute atomic E-state index is 13.6. The van der Waals surface area contributed by atoms with Gasteiger partial charge in [-0.2, -0.15) is 0 Å². The van der Waals surface area contributed by atoms with Gasteiger partial charge in [-0.25, -0.2) is 23.7 Å². The molecule has 3 amide bonds. The Hall–Kier alpha value is -3.58. The van der Waals surface area contributed by atoms with Crippen molar-refractivity contribution in [3.63, 3.8) is 0 Å². The predicted molar refractivity (Wildman–Crippen MR) is 150 cm³/mol. The number of likely N-dealkylation sites (tertiary alicyclic amines) is 1. The average Bonchev–Trinajstić information content (AvgIpc) is 3.66. The molecule has 3 heterocycles. The zero-order valence-corrected chi connectivity index (χ0v) is 24.8. The van der Waals surface area contributed by atoms with Gasteiger partial charge in [0, 0.05) is 37.3 Å². The van der Waals surface area contributed by atoms with Crippen LogP contribution in [-0.4, -0.2) is 66.8 Å². The molecule has 13 nitrogen and oxygen atoms in total. The third-order valence-electron chi connectivity index (χ3n) is 6.59. The van der Waals surface area contributed by atoms with E-state index in [2.05, 4.69) is 15.3 Å². The van der Waals surface area contributed by atoms with Gasteiger partial charge in [0.15, 0.2) is 6.10 Å². The maximum atomic E-state index is 13.6. The molecule has 220 valence electrons. The van der Waals surface area contributed by atoms with Crippen LogP contribution in [0.1, 0.15) is 38.4 Å². The summed E-state index contributed by atoms with van der Waals surface area (Å²) in [5.74, 6) is -1.16.